The van der Waals surface area contributed by atoms with E-state index in [0.29, 0.717) is 0 Å². The molecule has 0 atom stereocenters. The Hall–Kier alpha value is -0.560. The van der Waals surface area contributed by atoms with Crippen LogP contribution in [-0.4, -0.2) is 0 Å². The molecule has 0 radical (unpaired) electrons. The highest BCUT2D eigenvalue weighted by Crippen LogP contribution is 2.26. The molecular formula is C15H21Br. The third-order valence-electron chi connectivity index (χ3n) is 2.84. The third kappa shape index (κ3) is 4.52. The monoisotopic (exact) mass is 280 g/mol. The van der Waals surface area contributed by atoms with Crippen LogP contribution in [-0.2, 0) is 0 Å². The summed E-state index contributed by atoms with van der Waals surface area (Å²) in [6.45, 7) is 6.42. The molecule has 0 saturated heterocycles. The number of allylic oxidation sites excluding steroid dienone is 1. The summed E-state index contributed by atoms with van der Waals surface area (Å²) < 4.78 is 1.16. The maximum Gasteiger partial charge on any atom is 0.0250 e. The molecule has 0 aliphatic rings. The molecule has 0 aliphatic carbocycles. The van der Waals surface area contributed by atoms with Crippen molar-refractivity contribution in [3.8, 4) is 0 Å². The van der Waals surface area contributed by atoms with E-state index in [1.54, 1.807) is 0 Å². The highest BCUT2D eigenvalue weighted by molar-refractivity contribution is 9.10. The van der Waals surface area contributed by atoms with Gasteiger partial charge in [0.05, 0.1) is 0 Å². The van der Waals surface area contributed by atoms with Crippen LogP contribution < -0.4 is 0 Å². The van der Waals surface area contributed by atoms with E-state index in [9.17, 15) is 0 Å². The molecular weight excluding hydrogens is 260 g/mol. The van der Waals surface area contributed by atoms with Crippen molar-refractivity contribution in [2.45, 2.75) is 45.4 Å². The summed E-state index contributed by atoms with van der Waals surface area (Å²) in [7, 11) is 0. The van der Waals surface area contributed by atoms with Gasteiger partial charge in [-0.15, -0.1) is 0 Å². The molecule has 0 N–H and O–H groups in total. The summed E-state index contributed by atoms with van der Waals surface area (Å²) in [4.78, 5) is 0. The zero-order valence-electron chi connectivity index (χ0n) is 10.1. The first-order valence-electron chi connectivity index (χ1n) is 6.18. The van der Waals surface area contributed by atoms with Crippen molar-refractivity contribution in [3.05, 3.63) is 40.9 Å². The number of rotatable bonds is 7. The van der Waals surface area contributed by atoms with Crippen molar-refractivity contribution in [3.63, 3.8) is 0 Å². The average Bonchev–Trinajstić information content (AvgIpc) is 2.29. The summed E-state index contributed by atoms with van der Waals surface area (Å²) in [5, 5.41) is 0. The van der Waals surface area contributed by atoms with Crippen molar-refractivity contribution in [2.24, 2.45) is 0 Å². The van der Waals surface area contributed by atoms with Gasteiger partial charge in [-0.25, -0.2) is 0 Å². The zero-order chi connectivity index (χ0) is 11.8. The van der Waals surface area contributed by atoms with Gasteiger partial charge in [0, 0.05) is 4.47 Å². The fourth-order valence-electron chi connectivity index (χ4n) is 1.82. The van der Waals surface area contributed by atoms with Crippen LogP contribution in [0.2, 0.25) is 0 Å². The van der Waals surface area contributed by atoms with Crippen molar-refractivity contribution in [1.82, 2.24) is 0 Å². The predicted octanol–water partition coefficient (Wildman–Crippen LogP) is 5.82. The van der Waals surface area contributed by atoms with Crippen LogP contribution in [0.15, 0.2) is 35.3 Å². The molecule has 0 heterocycles. The summed E-state index contributed by atoms with van der Waals surface area (Å²) >= 11 is 3.57. The highest BCUT2D eigenvalue weighted by atomic mass is 79.9. The molecule has 1 aromatic carbocycles. The standard InChI is InChI=1S/C15H21Br/c1-3-4-5-6-7-10-13(2)14-11-8-9-12-15(14)16/h8-9,11-12H,2-7,10H2,1H3. The van der Waals surface area contributed by atoms with Gasteiger partial charge in [-0.2, -0.15) is 0 Å². The molecule has 0 saturated carbocycles. The van der Waals surface area contributed by atoms with Gasteiger partial charge in [0.2, 0.25) is 0 Å². The molecule has 0 fully saturated rings. The highest BCUT2D eigenvalue weighted by Gasteiger charge is 2.02. The van der Waals surface area contributed by atoms with Crippen LogP contribution >= 0.6 is 15.9 Å². The van der Waals surface area contributed by atoms with Gasteiger partial charge in [-0.3, -0.25) is 0 Å². The molecule has 1 heteroatoms. The lowest BCUT2D eigenvalue weighted by Crippen LogP contribution is -1.86. The Bertz CT molecular complexity index is 328. The Labute approximate surface area is 108 Å². The second kappa shape index (κ2) is 7.67. The van der Waals surface area contributed by atoms with Crippen LogP contribution in [0.1, 0.15) is 51.0 Å². The number of halogens is 1. The van der Waals surface area contributed by atoms with Gasteiger partial charge in [-0.1, -0.05) is 73.3 Å². The lowest BCUT2D eigenvalue weighted by Gasteiger charge is -2.07. The van der Waals surface area contributed by atoms with Crippen LogP contribution in [0.25, 0.3) is 5.57 Å². The molecule has 16 heavy (non-hydrogen) atoms. The summed E-state index contributed by atoms with van der Waals surface area (Å²) in [5.74, 6) is 0. The molecule has 0 amide bonds. The Balaban J connectivity index is 2.33. The van der Waals surface area contributed by atoms with E-state index in [-0.39, 0.29) is 0 Å². The molecule has 0 bridgehead atoms. The molecule has 1 aromatic rings. The summed E-state index contributed by atoms with van der Waals surface area (Å²) in [6.07, 6.45) is 7.75. The van der Waals surface area contributed by atoms with Crippen LogP contribution in [0.4, 0.5) is 0 Å². The normalized spacial score (nSPS) is 10.4. The number of benzene rings is 1. The van der Waals surface area contributed by atoms with Gasteiger partial charge < -0.3 is 0 Å². The molecule has 0 aromatic heterocycles. The van der Waals surface area contributed by atoms with Crippen molar-refractivity contribution < 1.29 is 0 Å². The van der Waals surface area contributed by atoms with Crippen molar-refractivity contribution in [2.75, 3.05) is 0 Å². The van der Waals surface area contributed by atoms with Gasteiger partial charge in [0.25, 0.3) is 0 Å². The lowest BCUT2D eigenvalue weighted by atomic mass is 10.0. The fraction of sp³-hybridized carbons (Fsp3) is 0.467. The van der Waals surface area contributed by atoms with E-state index >= 15 is 0 Å². The van der Waals surface area contributed by atoms with E-state index in [0.717, 1.165) is 10.9 Å². The first kappa shape index (κ1) is 13.5. The van der Waals surface area contributed by atoms with Crippen molar-refractivity contribution >= 4 is 21.5 Å². The number of hydrogen-bond donors (Lipinski definition) is 0. The van der Waals surface area contributed by atoms with Crippen molar-refractivity contribution in [1.29, 1.82) is 0 Å². The SMILES string of the molecule is C=C(CCCCCCC)c1ccccc1Br. The smallest absolute Gasteiger partial charge is 0.0250 e. The number of unbranched alkanes of at least 4 members (excludes halogenated alkanes) is 4. The lowest BCUT2D eigenvalue weighted by molar-refractivity contribution is 0.640. The average molecular weight is 281 g/mol. The molecule has 0 nitrogen and oxygen atoms in total. The minimum Gasteiger partial charge on any atom is -0.0952 e. The molecule has 0 aliphatic heterocycles. The van der Waals surface area contributed by atoms with E-state index in [1.165, 1.54) is 43.2 Å². The Kier molecular flexibility index (Phi) is 6.47. The second-order valence-electron chi connectivity index (χ2n) is 4.25. The van der Waals surface area contributed by atoms with E-state index in [4.69, 9.17) is 0 Å². The Morgan fingerprint density at radius 1 is 1.12 bits per heavy atom. The van der Waals surface area contributed by atoms with Gasteiger partial charge in [0.1, 0.15) is 0 Å². The minimum atomic E-state index is 1.12. The minimum absolute atomic E-state index is 1.12. The van der Waals surface area contributed by atoms with Crippen LogP contribution in [0, 0.1) is 0 Å². The molecule has 0 spiro atoms. The maximum absolute atomic E-state index is 4.17. The molecule has 1 rings (SSSR count). The van der Waals surface area contributed by atoms with Gasteiger partial charge in [-0.05, 0) is 30.0 Å². The largest absolute Gasteiger partial charge is 0.0952 e. The Morgan fingerprint density at radius 3 is 2.50 bits per heavy atom. The van der Waals surface area contributed by atoms with E-state index < -0.39 is 0 Å². The van der Waals surface area contributed by atoms with Crippen LogP contribution in [0.3, 0.4) is 0 Å². The second-order valence-corrected chi connectivity index (χ2v) is 5.10. The summed E-state index contributed by atoms with van der Waals surface area (Å²) in [5.41, 5.74) is 2.52. The molecule has 88 valence electrons. The summed E-state index contributed by atoms with van der Waals surface area (Å²) in [6, 6.07) is 8.33. The predicted molar refractivity (Wildman–Crippen MR) is 76.6 cm³/mol. The van der Waals surface area contributed by atoms with E-state index in [1.807, 2.05) is 6.07 Å². The quantitative estimate of drug-likeness (QED) is 0.552. The first-order valence-corrected chi connectivity index (χ1v) is 6.97. The number of hydrogen-bond acceptors (Lipinski definition) is 0. The van der Waals surface area contributed by atoms with Gasteiger partial charge in [0.15, 0.2) is 0 Å². The van der Waals surface area contributed by atoms with Crippen LogP contribution in [0.5, 0.6) is 0 Å². The third-order valence-corrected chi connectivity index (χ3v) is 3.53. The topological polar surface area (TPSA) is 0 Å². The molecule has 0 unspecified atom stereocenters. The maximum atomic E-state index is 4.17. The Morgan fingerprint density at radius 2 is 1.81 bits per heavy atom. The van der Waals surface area contributed by atoms with E-state index in [2.05, 4.69) is 47.6 Å². The first-order chi connectivity index (χ1) is 7.75. The van der Waals surface area contributed by atoms with Gasteiger partial charge >= 0.3 is 0 Å². The zero-order valence-corrected chi connectivity index (χ0v) is 11.7. The fourth-order valence-corrected chi connectivity index (χ4v) is 2.39.